The third-order valence-electron chi connectivity index (χ3n) is 4.86. The number of hydrogen-bond donors (Lipinski definition) is 1. The van der Waals surface area contributed by atoms with Gasteiger partial charge >= 0.3 is 0 Å². The van der Waals surface area contributed by atoms with Crippen LogP contribution in [-0.4, -0.2) is 36.6 Å². The SMILES string of the molecule is CC(C)NC1CCCN(CC2CCCCC2C)C1. The van der Waals surface area contributed by atoms with Gasteiger partial charge in [-0.25, -0.2) is 0 Å². The van der Waals surface area contributed by atoms with E-state index in [4.69, 9.17) is 0 Å². The summed E-state index contributed by atoms with van der Waals surface area (Å²) >= 11 is 0. The van der Waals surface area contributed by atoms with Crippen LogP contribution in [0.5, 0.6) is 0 Å². The molecule has 18 heavy (non-hydrogen) atoms. The van der Waals surface area contributed by atoms with Crippen LogP contribution in [0.3, 0.4) is 0 Å². The first-order valence-corrected chi connectivity index (χ1v) is 8.13. The van der Waals surface area contributed by atoms with Gasteiger partial charge in [0.2, 0.25) is 0 Å². The van der Waals surface area contributed by atoms with Crippen LogP contribution in [0.4, 0.5) is 0 Å². The maximum atomic E-state index is 3.72. The van der Waals surface area contributed by atoms with Gasteiger partial charge in [-0.15, -0.1) is 0 Å². The Kier molecular flexibility index (Phi) is 5.50. The molecule has 1 saturated carbocycles. The van der Waals surface area contributed by atoms with Crippen molar-refractivity contribution in [3.8, 4) is 0 Å². The molecule has 0 aromatic carbocycles. The lowest BCUT2D eigenvalue weighted by Crippen LogP contribution is -2.49. The third kappa shape index (κ3) is 4.24. The molecule has 1 heterocycles. The van der Waals surface area contributed by atoms with Crippen LogP contribution < -0.4 is 5.32 Å². The zero-order valence-corrected chi connectivity index (χ0v) is 12.6. The standard InChI is InChI=1S/C16H32N2/c1-13(2)17-16-9-6-10-18(12-16)11-15-8-5-4-7-14(15)3/h13-17H,4-12H2,1-3H3. The van der Waals surface area contributed by atoms with Gasteiger partial charge < -0.3 is 10.2 Å². The topological polar surface area (TPSA) is 15.3 Å². The fraction of sp³-hybridized carbons (Fsp3) is 1.00. The van der Waals surface area contributed by atoms with Gasteiger partial charge in [0.15, 0.2) is 0 Å². The zero-order valence-electron chi connectivity index (χ0n) is 12.6. The second kappa shape index (κ2) is 6.91. The van der Waals surface area contributed by atoms with E-state index < -0.39 is 0 Å². The molecule has 2 heteroatoms. The van der Waals surface area contributed by atoms with E-state index in [1.165, 1.54) is 58.2 Å². The molecule has 1 saturated heterocycles. The van der Waals surface area contributed by atoms with Crippen molar-refractivity contribution in [1.29, 1.82) is 0 Å². The molecule has 106 valence electrons. The number of nitrogens with one attached hydrogen (secondary N) is 1. The molecule has 1 aliphatic heterocycles. The Labute approximate surface area is 114 Å². The Hall–Kier alpha value is -0.0800. The fourth-order valence-corrected chi connectivity index (χ4v) is 3.82. The molecule has 0 aromatic rings. The molecule has 2 rings (SSSR count). The minimum atomic E-state index is 0.628. The lowest BCUT2D eigenvalue weighted by molar-refractivity contribution is 0.123. The summed E-state index contributed by atoms with van der Waals surface area (Å²) in [6.45, 7) is 11.0. The molecule has 2 nitrogen and oxygen atoms in total. The van der Waals surface area contributed by atoms with Crippen molar-refractivity contribution in [2.24, 2.45) is 11.8 Å². The summed E-state index contributed by atoms with van der Waals surface area (Å²) in [6, 6.07) is 1.36. The average Bonchev–Trinajstić information content (AvgIpc) is 2.32. The van der Waals surface area contributed by atoms with Gasteiger partial charge in [0.1, 0.15) is 0 Å². The maximum absolute atomic E-state index is 3.72. The predicted octanol–water partition coefficient (Wildman–Crippen LogP) is 3.28. The summed E-state index contributed by atoms with van der Waals surface area (Å²) in [5.74, 6) is 1.92. The number of piperidine rings is 1. The first-order valence-electron chi connectivity index (χ1n) is 8.13. The van der Waals surface area contributed by atoms with Gasteiger partial charge in [-0.3, -0.25) is 0 Å². The highest BCUT2D eigenvalue weighted by Gasteiger charge is 2.26. The molecule has 0 spiro atoms. The van der Waals surface area contributed by atoms with Crippen LogP contribution in [0.2, 0.25) is 0 Å². The smallest absolute Gasteiger partial charge is 0.0197 e. The predicted molar refractivity (Wildman–Crippen MR) is 78.9 cm³/mol. The monoisotopic (exact) mass is 252 g/mol. The summed E-state index contributed by atoms with van der Waals surface area (Å²) in [6.07, 6.45) is 8.62. The molecular formula is C16H32N2. The Morgan fingerprint density at radius 3 is 2.61 bits per heavy atom. The number of rotatable bonds is 4. The summed E-state index contributed by atoms with van der Waals surface area (Å²) < 4.78 is 0. The summed E-state index contributed by atoms with van der Waals surface area (Å²) in [5, 5.41) is 3.72. The van der Waals surface area contributed by atoms with Crippen molar-refractivity contribution in [2.75, 3.05) is 19.6 Å². The molecule has 1 N–H and O–H groups in total. The Morgan fingerprint density at radius 1 is 1.11 bits per heavy atom. The van der Waals surface area contributed by atoms with Gasteiger partial charge in [0, 0.05) is 25.2 Å². The van der Waals surface area contributed by atoms with Crippen LogP contribution in [0, 0.1) is 11.8 Å². The number of hydrogen-bond acceptors (Lipinski definition) is 2. The first-order chi connectivity index (χ1) is 8.65. The summed E-state index contributed by atoms with van der Waals surface area (Å²) in [4.78, 5) is 2.73. The fourth-order valence-electron chi connectivity index (χ4n) is 3.82. The molecule has 2 aliphatic rings. The minimum absolute atomic E-state index is 0.628. The zero-order chi connectivity index (χ0) is 13.0. The molecule has 0 bridgehead atoms. The van der Waals surface area contributed by atoms with Gasteiger partial charge in [0.05, 0.1) is 0 Å². The summed E-state index contributed by atoms with van der Waals surface area (Å²) in [5.41, 5.74) is 0. The van der Waals surface area contributed by atoms with Crippen molar-refractivity contribution < 1.29 is 0 Å². The minimum Gasteiger partial charge on any atom is -0.311 e. The Bertz CT molecular complexity index is 239. The Morgan fingerprint density at radius 2 is 1.89 bits per heavy atom. The van der Waals surface area contributed by atoms with E-state index >= 15 is 0 Å². The largest absolute Gasteiger partial charge is 0.311 e. The van der Waals surface area contributed by atoms with E-state index in [1.807, 2.05) is 0 Å². The number of likely N-dealkylation sites (tertiary alicyclic amines) is 1. The van der Waals surface area contributed by atoms with E-state index in [2.05, 4.69) is 31.0 Å². The van der Waals surface area contributed by atoms with Crippen LogP contribution >= 0.6 is 0 Å². The lowest BCUT2D eigenvalue weighted by atomic mass is 9.80. The van der Waals surface area contributed by atoms with Gasteiger partial charge in [-0.2, -0.15) is 0 Å². The molecule has 0 amide bonds. The van der Waals surface area contributed by atoms with E-state index in [0.29, 0.717) is 6.04 Å². The van der Waals surface area contributed by atoms with Crippen molar-refractivity contribution in [3.63, 3.8) is 0 Å². The van der Waals surface area contributed by atoms with E-state index in [9.17, 15) is 0 Å². The average molecular weight is 252 g/mol. The normalized spacial score (nSPS) is 35.0. The van der Waals surface area contributed by atoms with Crippen LogP contribution in [0.25, 0.3) is 0 Å². The van der Waals surface area contributed by atoms with E-state index in [1.54, 1.807) is 0 Å². The van der Waals surface area contributed by atoms with Gasteiger partial charge in [-0.05, 0) is 37.6 Å². The highest BCUT2D eigenvalue weighted by atomic mass is 15.2. The van der Waals surface area contributed by atoms with Crippen LogP contribution in [0.1, 0.15) is 59.3 Å². The van der Waals surface area contributed by atoms with Crippen molar-refractivity contribution in [2.45, 2.75) is 71.4 Å². The highest BCUT2D eigenvalue weighted by molar-refractivity contribution is 4.82. The first kappa shape index (κ1) is 14.3. The molecule has 0 aromatic heterocycles. The van der Waals surface area contributed by atoms with Gasteiger partial charge in [-0.1, -0.05) is 40.0 Å². The second-order valence-electron chi connectivity index (χ2n) is 6.94. The quantitative estimate of drug-likeness (QED) is 0.826. The van der Waals surface area contributed by atoms with E-state index in [0.717, 1.165) is 17.9 Å². The molecule has 1 aliphatic carbocycles. The Balaban J connectivity index is 1.77. The van der Waals surface area contributed by atoms with Crippen molar-refractivity contribution in [1.82, 2.24) is 10.2 Å². The van der Waals surface area contributed by atoms with Crippen molar-refractivity contribution >= 4 is 0 Å². The van der Waals surface area contributed by atoms with Crippen LogP contribution in [0.15, 0.2) is 0 Å². The second-order valence-corrected chi connectivity index (χ2v) is 6.94. The van der Waals surface area contributed by atoms with Crippen LogP contribution in [-0.2, 0) is 0 Å². The maximum Gasteiger partial charge on any atom is 0.0197 e. The van der Waals surface area contributed by atoms with Crippen molar-refractivity contribution in [3.05, 3.63) is 0 Å². The van der Waals surface area contributed by atoms with Gasteiger partial charge in [0.25, 0.3) is 0 Å². The summed E-state index contributed by atoms with van der Waals surface area (Å²) in [7, 11) is 0. The number of nitrogens with zero attached hydrogens (tertiary/aromatic N) is 1. The molecule has 3 atom stereocenters. The van der Waals surface area contributed by atoms with E-state index in [-0.39, 0.29) is 0 Å². The molecule has 2 fully saturated rings. The highest BCUT2D eigenvalue weighted by Crippen LogP contribution is 2.30. The lowest BCUT2D eigenvalue weighted by Gasteiger charge is -2.39. The third-order valence-corrected chi connectivity index (χ3v) is 4.86. The molecule has 3 unspecified atom stereocenters. The molecular weight excluding hydrogens is 220 g/mol. The molecule has 0 radical (unpaired) electrons.